The molecule has 1 aromatic carbocycles. The van der Waals surface area contributed by atoms with Crippen LogP contribution in [0.15, 0.2) is 41.5 Å². The summed E-state index contributed by atoms with van der Waals surface area (Å²) in [6.45, 7) is 6.97. The molecule has 3 rings (SSSR count). The van der Waals surface area contributed by atoms with E-state index in [2.05, 4.69) is 26.8 Å². The standard InChI is InChI=1S/C22H27NO4/c1-22(2,3)18-13-15(9-10-19(18)27-14-26-4)11-12-23-20(24)16-7-5-6-8-17(16)21(23)25/h5,7,9-10,13H,6,8,11-12,14H2,1-4H3. The molecule has 144 valence electrons. The van der Waals surface area contributed by atoms with Crippen LogP contribution in [0.1, 0.15) is 44.7 Å². The largest absolute Gasteiger partial charge is 0.467 e. The number of hydrogen-bond donors (Lipinski definition) is 0. The lowest BCUT2D eigenvalue weighted by molar-refractivity contribution is -0.137. The number of allylic oxidation sites excluding steroid dienone is 1. The Morgan fingerprint density at radius 2 is 1.93 bits per heavy atom. The highest BCUT2D eigenvalue weighted by atomic mass is 16.7. The number of carbonyl (C=O) groups excluding carboxylic acids is 2. The molecule has 0 radical (unpaired) electrons. The van der Waals surface area contributed by atoms with Gasteiger partial charge in [-0.3, -0.25) is 14.5 Å². The van der Waals surface area contributed by atoms with Gasteiger partial charge >= 0.3 is 0 Å². The van der Waals surface area contributed by atoms with Crippen LogP contribution in [0.2, 0.25) is 0 Å². The van der Waals surface area contributed by atoms with Gasteiger partial charge in [0.15, 0.2) is 6.79 Å². The molecule has 0 spiro atoms. The summed E-state index contributed by atoms with van der Waals surface area (Å²) in [6, 6.07) is 6.02. The van der Waals surface area contributed by atoms with E-state index in [1.807, 2.05) is 18.2 Å². The lowest BCUT2D eigenvalue weighted by Gasteiger charge is -2.24. The zero-order chi connectivity index (χ0) is 19.6. The van der Waals surface area contributed by atoms with Crippen LogP contribution in [0.25, 0.3) is 0 Å². The van der Waals surface area contributed by atoms with Gasteiger partial charge in [0.1, 0.15) is 5.75 Å². The fraction of sp³-hybridized carbons (Fsp3) is 0.455. The Hall–Kier alpha value is -2.40. The molecule has 0 unspecified atom stereocenters. The minimum atomic E-state index is -0.165. The molecule has 0 saturated heterocycles. The molecule has 0 N–H and O–H groups in total. The first-order valence-electron chi connectivity index (χ1n) is 9.34. The van der Waals surface area contributed by atoms with Gasteiger partial charge in [0, 0.05) is 24.8 Å². The number of benzene rings is 1. The summed E-state index contributed by atoms with van der Waals surface area (Å²) in [5, 5.41) is 0. The summed E-state index contributed by atoms with van der Waals surface area (Å²) >= 11 is 0. The predicted molar refractivity (Wildman–Crippen MR) is 103 cm³/mol. The second-order valence-electron chi connectivity index (χ2n) is 7.98. The molecule has 2 amide bonds. The molecule has 1 aromatic rings. The van der Waals surface area contributed by atoms with Crippen LogP contribution in [0.3, 0.4) is 0 Å². The second kappa shape index (κ2) is 7.69. The Bertz CT molecular complexity index is 814. The van der Waals surface area contributed by atoms with Crippen molar-refractivity contribution in [3.05, 3.63) is 52.6 Å². The molecule has 5 nitrogen and oxygen atoms in total. The molecule has 1 aliphatic carbocycles. The van der Waals surface area contributed by atoms with Gasteiger partial charge in [0.2, 0.25) is 0 Å². The molecular formula is C22H27NO4. The number of amides is 2. The number of carbonyl (C=O) groups is 2. The van der Waals surface area contributed by atoms with Crippen LogP contribution in [0.5, 0.6) is 5.75 Å². The molecule has 0 saturated carbocycles. The van der Waals surface area contributed by atoms with Gasteiger partial charge in [-0.1, -0.05) is 45.1 Å². The maximum absolute atomic E-state index is 12.5. The van der Waals surface area contributed by atoms with Crippen molar-refractivity contribution in [1.29, 1.82) is 0 Å². The fourth-order valence-corrected chi connectivity index (χ4v) is 3.50. The maximum Gasteiger partial charge on any atom is 0.261 e. The van der Waals surface area contributed by atoms with Crippen LogP contribution in [0.4, 0.5) is 0 Å². The van der Waals surface area contributed by atoms with Crippen LogP contribution in [-0.4, -0.2) is 37.2 Å². The minimum Gasteiger partial charge on any atom is -0.467 e. The van der Waals surface area contributed by atoms with Crippen molar-refractivity contribution < 1.29 is 19.1 Å². The summed E-state index contributed by atoms with van der Waals surface area (Å²) in [5.74, 6) is 0.501. The van der Waals surface area contributed by atoms with Gasteiger partial charge < -0.3 is 9.47 Å². The van der Waals surface area contributed by atoms with Gasteiger partial charge in [0.25, 0.3) is 11.8 Å². The van der Waals surface area contributed by atoms with E-state index in [9.17, 15) is 9.59 Å². The highest BCUT2D eigenvalue weighted by Gasteiger charge is 2.36. The van der Waals surface area contributed by atoms with E-state index in [1.165, 1.54) is 4.90 Å². The van der Waals surface area contributed by atoms with Crippen LogP contribution < -0.4 is 4.74 Å². The number of imide groups is 1. The fourth-order valence-electron chi connectivity index (χ4n) is 3.50. The number of rotatable bonds is 6. The van der Waals surface area contributed by atoms with E-state index in [-0.39, 0.29) is 24.0 Å². The van der Waals surface area contributed by atoms with Crippen molar-refractivity contribution in [2.45, 2.75) is 45.4 Å². The first-order valence-corrected chi connectivity index (χ1v) is 9.34. The second-order valence-corrected chi connectivity index (χ2v) is 7.98. The predicted octanol–water partition coefficient (Wildman–Crippen LogP) is 3.52. The third-order valence-corrected chi connectivity index (χ3v) is 4.96. The van der Waals surface area contributed by atoms with E-state index < -0.39 is 0 Å². The monoisotopic (exact) mass is 369 g/mol. The molecule has 2 aliphatic rings. The molecule has 1 aliphatic heterocycles. The molecule has 5 heteroatoms. The van der Waals surface area contributed by atoms with Crippen molar-refractivity contribution in [3.63, 3.8) is 0 Å². The lowest BCUT2D eigenvalue weighted by Crippen LogP contribution is -2.33. The molecular weight excluding hydrogens is 342 g/mol. The van der Waals surface area contributed by atoms with Gasteiger partial charge in [-0.15, -0.1) is 0 Å². The molecule has 0 fully saturated rings. The van der Waals surface area contributed by atoms with E-state index in [1.54, 1.807) is 13.2 Å². The molecule has 0 atom stereocenters. The van der Waals surface area contributed by atoms with E-state index in [0.717, 1.165) is 23.3 Å². The van der Waals surface area contributed by atoms with E-state index in [4.69, 9.17) is 9.47 Å². The maximum atomic E-state index is 12.5. The normalized spacial score (nSPS) is 17.0. The molecule has 1 heterocycles. The Kier molecular flexibility index (Phi) is 5.51. The summed E-state index contributed by atoms with van der Waals surface area (Å²) < 4.78 is 10.7. The van der Waals surface area contributed by atoms with E-state index >= 15 is 0 Å². The molecule has 0 bridgehead atoms. The summed E-state index contributed by atoms with van der Waals surface area (Å²) in [5.41, 5.74) is 3.30. The third kappa shape index (κ3) is 3.98. The SMILES string of the molecule is COCOc1ccc(CCN2C(=O)C3=C(CCC=C3)C2=O)cc1C(C)(C)C. The first kappa shape index (κ1) is 19.4. The molecule has 27 heavy (non-hydrogen) atoms. The quantitative estimate of drug-likeness (QED) is 0.569. The number of nitrogens with zero attached hydrogens (tertiary/aromatic N) is 1. The molecule has 0 aromatic heterocycles. The average Bonchev–Trinajstić information content (AvgIpc) is 2.89. The summed E-state index contributed by atoms with van der Waals surface area (Å²) in [4.78, 5) is 26.5. The zero-order valence-electron chi connectivity index (χ0n) is 16.5. The van der Waals surface area contributed by atoms with Crippen molar-refractivity contribution in [2.75, 3.05) is 20.4 Å². The number of hydrogen-bond acceptors (Lipinski definition) is 4. The number of methoxy groups -OCH3 is 1. The summed E-state index contributed by atoms with van der Waals surface area (Å²) in [7, 11) is 1.60. The first-order chi connectivity index (χ1) is 12.8. The highest BCUT2D eigenvalue weighted by molar-refractivity contribution is 6.20. The Morgan fingerprint density at radius 1 is 1.15 bits per heavy atom. The van der Waals surface area contributed by atoms with Crippen LogP contribution in [0, 0.1) is 0 Å². The zero-order valence-corrected chi connectivity index (χ0v) is 16.5. The smallest absolute Gasteiger partial charge is 0.261 e. The van der Waals surface area contributed by atoms with Gasteiger partial charge in [-0.05, 0) is 41.9 Å². The van der Waals surface area contributed by atoms with Crippen molar-refractivity contribution in [2.24, 2.45) is 0 Å². The van der Waals surface area contributed by atoms with Crippen LogP contribution in [-0.2, 0) is 26.2 Å². The Labute approximate surface area is 160 Å². The van der Waals surface area contributed by atoms with Crippen molar-refractivity contribution in [1.82, 2.24) is 4.90 Å². The van der Waals surface area contributed by atoms with Gasteiger partial charge in [0.05, 0.1) is 0 Å². The van der Waals surface area contributed by atoms with E-state index in [0.29, 0.717) is 30.5 Å². The summed E-state index contributed by atoms with van der Waals surface area (Å²) in [6.07, 6.45) is 5.85. The number of ether oxygens (including phenoxy) is 2. The third-order valence-electron chi connectivity index (χ3n) is 4.96. The van der Waals surface area contributed by atoms with Gasteiger partial charge in [-0.25, -0.2) is 0 Å². The highest BCUT2D eigenvalue weighted by Crippen LogP contribution is 2.33. The topological polar surface area (TPSA) is 55.8 Å². The van der Waals surface area contributed by atoms with Crippen LogP contribution >= 0.6 is 0 Å². The Balaban J connectivity index is 1.74. The minimum absolute atomic E-state index is 0.0934. The van der Waals surface area contributed by atoms with Crippen molar-refractivity contribution in [3.8, 4) is 5.75 Å². The Morgan fingerprint density at radius 3 is 2.59 bits per heavy atom. The van der Waals surface area contributed by atoms with Crippen molar-refractivity contribution >= 4 is 11.8 Å². The van der Waals surface area contributed by atoms with Gasteiger partial charge in [-0.2, -0.15) is 0 Å². The average molecular weight is 369 g/mol. The lowest BCUT2D eigenvalue weighted by atomic mass is 9.85.